The number of nitrogens with one attached hydrogen (secondary N) is 2. The number of hydrogen-bond donors (Lipinski definition) is 2. The second-order valence-corrected chi connectivity index (χ2v) is 9.29. The van der Waals surface area contributed by atoms with Crippen LogP contribution in [0.25, 0.3) is 0 Å². The molecule has 9 heteroatoms. The number of hydrogen-bond acceptors (Lipinski definition) is 6. The third-order valence-corrected chi connectivity index (χ3v) is 6.86. The number of amides is 1. The highest BCUT2D eigenvalue weighted by atomic mass is 32.2. The molecule has 0 unspecified atom stereocenters. The van der Waals surface area contributed by atoms with Gasteiger partial charge in [0.1, 0.15) is 4.90 Å². The van der Waals surface area contributed by atoms with Gasteiger partial charge in [0.25, 0.3) is 15.9 Å². The topological polar surface area (TPSA) is 100 Å². The van der Waals surface area contributed by atoms with Crippen molar-refractivity contribution >= 4 is 38.8 Å². The van der Waals surface area contributed by atoms with Gasteiger partial charge in [0.15, 0.2) is 5.84 Å². The molecule has 2 aliphatic rings. The molecule has 168 valence electrons. The Bertz CT molecular complexity index is 1330. The van der Waals surface area contributed by atoms with Gasteiger partial charge in [-0.1, -0.05) is 18.2 Å². The van der Waals surface area contributed by atoms with Gasteiger partial charge in [-0.3, -0.25) is 4.79 Å². The molecule has 0 saturated carbocycles. The summed E-state index contributed by atoms with van der Waals surface area (Å²) in [5, 5.41) is 5.97. The van der Waals surface area contributed by atoms with Crippen LogP contribution < -0.4 is 15.5 Å². The summed E-state index contributed by atoms with van der Waals surface area (Å²) in [6, 6.07) is 21.2. The molecule has 1 amide bonds. The quantitative estimate of drug-likeness (QED) is 0.617. The molecule has 2 N–H and O–H groups in total. The van der Waals surface area contributed by atoms with E-state index in [2.05, 4.69) is 19.9 Å². The van der Waals surface area contributed by atoms with Crippen LogP contribution in [0, 0.1) is 0 Å². The molecule has 0 spiro atoms. The van der Waals surface area contributed by atoms with Crippen molar-refractivity contribution in [3.63, 3.8) is 0 Å². The summed E-state index contributed by atoms with van der Waals surface area (Å²) in [4.78, 5) is 15.1. The Morgan fingerprint density at radius 3 is 2.45 bits per heavy atom. The van der Waals surface area contributed by atoms with E-state index < -0.39 is 10.0 Å². The SMILES string of the molecule is O=C(Nc1cccc(N2CCOCC2)c1)c1ccc(NC2=NS(=O)(=O)c3ccccc32)cc1. The van der Waals surface area contributed by atoms with Crippen molar-refractivity contribution in [2.75, 3.05) is 41.8 Å². The maximum absolute atomic E-state index is 12.7. The molecule has 5 rings (SSSR count). The number of morpholine rings is 1. The predicted molar refractivity (Wildman–Crippen MR) is 128 cm³/mol. The Morgan fingerprint density at radius 1 is 0.909 bits per heavy atom. The van der Waals surface area contributed by atoms with Gasteiger partial charge < -0.3 is 20.3 Å². The molecule has 3 aromatic carbocycles. The normalized spacial score (nSPS) is 16.6. The summed E-state index contributed by atoms with van der Waals surface area (Å²) in [7, 11) is -3.69. The number of carbonyl (C=O) groups is 1. The molecular weight excluding hydrogens is 440 g/mol. The highest BCUT2D eigenvalue weighted by Crippen LogP contribution is 2.27. The van der Waals surface area contributed by atoms with E-state index in [-0.39, 0.29) is 16.6 Å². The number of ether oxygens (including phenoxy) is 1. The average molecular weight is 463 g/mol. The maximum Gasteiger partial charge on any atom is 0.285 e. The van der Waals surface area contributed by atoms with E-state index in [1.54, 1.807) is 42.5 Å². The Labute approximate surface area is 192 Å². The van der Waals surface area contributed by atoms with E-state index in [4.69, 9.17) is 4.74 Å². The first kappa shape index (κ1) is 21.2. The standard InChI is InChI=1S/C24H22N4O4S/c29-24(26-19-4-3-5-20(16-19)28-12-14-32-15-13-28)17-8-10-18(11-9-17)25-23-21-6-1-2-7-22(21)33(30,31)27-23/h1-11,16H,12-15H2,(H,25,27)(H,26,29). The molecule has 0 aromatic heterocycles. The van der Waals surface area contributed by atoms with E-state index in [9.17, 15) is 13.2 Å². The number of sulfonamides is 1. The summed E-state index contributed by atoms with van der Waals surface area (Å²) < 4.78 is 33.6. The van der Waals surface area contributed by atoms with Crippen LogP contribution in [-0.4, -0.2) is 46.5 Å². The monoisotopic (exact) mass is 462 g/mol. The van der Waals surface area contributed by atoms with Crippen molar-refractivity contribution in [1.29, 1.82) is 0 Å². The van der Waals surface area contributed by atoms with Crippen molar-refractivity contribution in [3.8, 4) is 0 Å². The zero-order valence-electron chi connectivity index (χ0n) is 17.7. The zero-order valence-corrected chi connectivity index (χ0v) is 18.5. The lowest BCUT2D eigenvalue weighted by molar-refractivity contribution is 0.102. The zero-order chi connectivity index (χ0) is 22.8. The van der Waals surface area contributed by atoms with Crippen molar-refractivity contribution in [3.05, 3.63) is 83.9 Å². The van der Waals surface area contributed by atoms with Crippen LogP contribution in [0.1, 0.15) is 15.9 Å². The molecule has 0 radical (unpaired) electrons. The number of nitrogens with zero attached hydrogens (tertiary/aromatic N) is 2. The highest BCUT2D eigenvalue weighted by Gasteiger charge is 2.28. The third kappa shape index (κ3) is 4.46. The lowest BCUT2D eigenvalue weighted by atomic mass is 10.1. The molecule has 1 fully saturated rings. The number of anilines is 3. The van der Waals surface area contributed by atoms with Crippen LogP contribution >= 0.6 is 0 Å². The molecular formula is C24H22N4O4S. The van der Waals surface area contributed by atoms with E-state index in [1.807, 2.05) is 24.3 Å². The van der Waals surface area contributed by atoms with Crippen LogP contribution in [0.2, 0.25) is 0 Å². The van der Waals surface area contributed by atoms with Crippen LogP contribution in [0.5, 0.6) is 0 Å². The van der Waals surface area contributed by atoms with Gasteiger partial charge >= 0.3 is 0 Å². The van der Waals surface area contributed by atoms with Crippen molar-refractivity contribution in [1.82, 2.24) is 0 Å². The maximum atomic E-state index is 12.7. The summed E-state index contributed by atoms with van der Waals surface area (Å²) >= 11 is 0. The summed E-state index contributed by atoms with van der Waals surface area (Å²) in [5.74, 6) is 0.0366. The minimum absolute atomic E-state index is 0.183. The third-order valence-electron chi connectivity index (χ3n) is 5.52. The first-order valence-corrected chi connectivity index (χ1v) is 12.0. The van der Waals surface area contributed by atoms with Crippen LogP contribution in [0.3, 0.4) is 0 Å². The summed E-state index contributed by atoms with van der Waals surface area (Å²) in [5.41, 5.74) is 3.40. The second-order valence-electron chi connectivity index (χ2n) is 7.72. The molecule has 33 heavy (non-hydrogen) atoms. The van der Waals surface area contributed by atoms with Crippen LogP contribution in [0.4, 0.5) is 17.1 Å². The Balaban J connectivity index is 1.27. The van der Waals surface area contributed by atoms with Crippen molar-refractivity contribution < 1.29 is 17.9 Å². The van der Waals surface area contributed by atoms with Gasteiger partial charge in [-0.15, -0.1) is 4.40 Å². The number of rotatable bonds is 4. The fraction of sp³-hybridized carbons (Fsp3) is 0.167. The number of carbonyl (C=O) groups excluding carboxylic acids is 1. The average Bonchev–Trinajstić information content (AvgIpc) is 3.10. The molecule has 2 heterocycles. The number of fused-ring (bicyclic) bond motifs is 1. The van der Waals surface area contributed by atoms with Crippen molar-refractivity contribution in [2.45, 2.75) is 4.90 Å². The fourth-order valence-electron chi connectivity index (χ4n) is 3.84. The van der Waals surface area contributed by atoms with Gasteiger partial charge in [-0.25, -0.2) is 0 Å². The molecule has 0 aliphatic carbocycles. The lowest BCUT2D eigenvalue weighted by Crippen LogP contribution is -2.36. The van der Waals surface area contributed by atoms with E-state index in [0.717, 1.165) is 18.8 Å². The van der Waals surface area contributed by atoms with E-state index >= 15 is 0 Å². The first-order chi connectivity index (χ1) is 16.0. The molecule has 2 aliphatic heterocycles. The molecule has 1 saturated heterocycles. The smallest absolute Gasteiger partial charge is 0.285 e. The first-order valence-electron chi connectivity index (χ1n) is 10.6. The van der Waals surface area contributed by atoms with Gasteiger partial charge in [-0.2, -0.15) is 8.42 Å². The Morgan fingerprint density at radius 2 is 1.67 bits per heavy atom. The lowest BCUT2D eigenvalue weighted by Gasteiger charge is -2.29. The van der Waals surface area contributed by atoms with E-state index in [0.29, 0.717) is 35.7 Å². The minimum Gasteiger partial charge on any atom is -0.378 e. The number of benzene rings is 3. The Kier molecular flexibility index (Phi) is 5.57. The van der Waals surface area contributed by atoms with Crippen LogP contribution in [-0.2, 0) is 14.8 Å². The minimum atomic E-state index is -3.69. The molecule has 3 aromatic rings. The predicted octanol–water partition coefficient (Wildman–Crippen LogP) is 3.34. The second kappa shape index (κ2) is 8.68. The summed E-state index contributed by atoms with van der Waals surface area (Å²) in [6.45, 7) is 3.04. The van der Waals surface area contributed by atoms with Gasteiger partial charge in [0.2, 0.25) is 0 Å². The Hall–Kier alpha value is -3.69. The molecule has 8 nitrogen and oxygen atoms in total. The van der Waals surface area contributed by atoms with Gasteiger partial charge in [0.05, 0.1) is 13.2 Å². The molecule has 0 atom stereocenters. The highest BCUT2D eigenvalue weighted by molar-refractivity contribution is 7.90. The van der Waals surface area contributed by atoms with Gasteiger partial charge in [-0.05, 0) is 54.6 Å². The van der Waals surface area contributed by atoms with Crippen molar-refractivity contribution in [2.24, 2.45) is 4.40 Å². The largest absolute Gasteiger partial charge is 0.378 e. The van der Waals surface area contributed by atoms with Gasteiger partial charge in [0, 0.05) is 41.3 Å². The fourth-order valence-corrected chi connectivity index (χ4v) is 5.02. The number of amidine groups is 1. The summed E-state index contributed by atoms with van der Waals surface area (Å²) in [6.07, 6.45) is 0. The van der Waals surface area contributed by atoms with Crippen LogP contribution in [0.15, 0.2) is 82.1 Å². The van der Waals surface area contributed by atoms with E-state index in [1.165, 1.54) is 6.07 Å². The molecule has 0 bridgehead atoms.